The summed E-state index contributed by atoms with van der Waals surface area (Å²) >= 11 is 0. The first-order valence-electron chi connectivity index (χ1n) is 7.42. The molecule has 19 heavy (non-hydrogen) atoms. The van der Waals surface area contributed by atoms with E-state index in [0.29, 0.717) is 5.92 Å². The number of hydrogen-bond donors (Lipinski definition) is 1. The quantitative estimate of drug-likeness (QED) is 0.837. The van der Waals surface area contributed by atoms with E-state index >= 15 is 0 Å². The summed E-state index contributed by atoms with van der Waals surface area (Å²) < 4.78 is 0. The lowest BCUT2D eigenvalue weighted by atomic mass is 9.90. The smallest absolute Gasteiger partial charge is 0.0801 e. The summed E-state index contributed by atoms with van der Waals surface area (Å²) in [6, 6.07) is 12.7. The SMILES string of the molecule is Cc1ccc2ccccc2c1C(O)CC1CCCC1. The minimum atomic E-state index is -0.311. The maximum atomic E-state index is 10.7. The third kappa shape index (κ3) is 2.52. The Morgan fingerprint density at radius 1 is 1.11 bits per heavy atom. The van der Waals surface area contributed by atoms with Crippen LogP contribution < -0.4 is 0 Å². The average molecular weight is 254 g/mol. The first kappa shape index (κ1) is 12.7. The minimum Gasteiger partial charge on any atom is -0.388 e. The minimum absolute atomic E-state index is 0.311. The van der Waals surface area contributed by atoms with E-state index < -0.39 is 0 Å². The van der Waals surface area contributed by atoms with Crippen molar-refractivity contribution >= 4 is 10.8 Å². The zero-order valence-corrected chi connectivity index (χ0v) is 11.6. The predicted octanol–water partition coefficient (Wildman–Crippen LogP) is 4.76. The molecule has 1 atom stereocenters. The highest BCUT2D eigenvalue weighted by Gasteiger charge is 2.21. The summed E-state index contributed by atoms with van der Waals surface area (Å²) in [5.74, 6) is 0.716. The Hall–Kier alpha value is -1.34. The lowest BCUT2D eigenvalue weighted by Crippen LogP contribution is -2.06. The van der Waals surface area contributed by atoms with Crippen LogP contribution in [0.3, 0.4) is 0 Å². The molecule has 0 saturated heterocycles. The van der Waals surface area contributed by atoms with Gasteiger partial charge in [-0.15, -0.1) is 0 Å². The van der Waals surface area contributed by atoms with Crippen molar-refractivity contribution in [1.29, 1.82) is 0 Å². The van der Waals surface area contributed by atoms with Crippen molar-refractivity contribution < 1.29 is 5.11 Å². The number of aryl methyl sites for hydroxylation is 1. The third-order valence-electron chi connectivity index (χ3n) is 4.55. The molecule has 0 aliphatic heterocycles. The number of aliphatic hydroxyl groups excluding tert-OH is 1. The zero-order chi connectivity index (χ0) is 13.2. The van der Waals surface area contributed by atoms with Gasteiger partial charge in [-0.25, -0.2) is 0 Å². The largest absolute Gasteiger partial charge is 0.388 e. The van der Waals surface area contributed by atoms with Gasteiger partial charge in [-0.1, -0.05) is 62.1 Å². The maximum absolute atomic E-state index is 10.7. The number of rotatable bonds is 3. The molecule has 1 fully saturated rings. The second-order valence-corrected chi connectivity index (χ2v) is 5.92. The normalized spacial score (nSPS) is 18.0. The monoisotopic (exact) mass is 254 g/mol. The molecule has 1 heteroatoms. The molecule has 1 saturated carbocycles. The first-order chi connectivity index (χ1) is 9.25. The highest BCUT2D eigenvalue weighted by molar-refractivity contribution is 5.87. The number of aliphatic hydroxyl groups is 1. The van der Waals surface area contributed by atoms with Gasteiger partial charge in [-0.2, -0.15) is 0 Å². The van der Waals surface area contributed by atoms with E-state index in [1.165, 1.54) is 42.0 Å². The number of benzene rings is 2. The molecule has 0 amide bonds. The topological polar surface area (TPSA) is 20.2 Å². The van der Waals surface area contributed by atoms with Crippen LogP contribution in [0.1, 0.15) is 49.3 Å². The second kappa shape index (κ2) is 5.34. The summed E-state index contributed by atoms with van der Waals surface area (Å²) in [5, 5.41) is 13.1. The Balaban J connectivity index is 1.95. The van der Waals surface area contributed by atoms with Gasteiger partial charge < -0.3 is 5.11 Å². The summed E-state index contributed by atoms with van der Waals surface area (Å²) in [6.07, 6.45) is 5.88. The van der Waals surface area contributed by atoms with Crippen molar-refractivity contribution in [3.8, 4) is 0 Å². The third-order valence-corrected chi connectivity index (χ3v) is 4.55. The molecule has 0 bridgehead atoms. The van der Waals surface area contributed by atoms with Gasteiger partial charge in [0.25, 0.3) is 0 Å². The van der Waals surface area contributed by atoms with Crippen LogP contribution >= 0.6 is 0 Å². The van der Waals surface area contributed by atoms with Crippen LogP contribution in [-0.2, 0) is 0 Å². The van der Waals surface area contributed by atoms with Gasteiger partial charge in [0, 0.05) is 0 Å². The molecule has 3 rings (SSSR count). The van der Waals surface area contributed by atoms with Crippen LogP contribution in [0.4, 0.5) is 0 Å². The lowest BCUT2D eigenvalue weighted by Gasteiger charge is -2.19. The molecule has 1 aliphatic rings. The summed E-state index contributed by atoms with van der Waals surface area (Å²) in [4.78, 5) is 0. The van der Waals surface area contributed by atoms with Crippen molar-refractivity contribution in [2.45, 2.75) is 45.1 Å². The molecule has 1 unspecified atom stereocenters. The van der Waals surface area contributed by atoms with Crippen LogP contribution in [-0.4, -0.2) is 5.11 Å². The standard InChI is InChI=1S/C18H22O/c1-13-10-11-15-8-4-5-9-16(15)18(13)17(19)12-14-6-2-3-7-14/h4-5,8-11,14,17,19H,2-3,6-7,12H2,1H3. The predicted molar refractivity (Wildman–Crippen MR) is 80.2 cm³/mol. The van der Waals surface area contributed by atoms with Gasteiger partial charge in [0.1, 0.15) is 0 Å². The molecular formula is C18H22O. The molecule has 2 aromatic rings. The fourth-order valence-electron chi connectivity index (χ4n) is 3.53. The van der Waals surface area contributed by atoms with Crippen molar-refractivity contribution in [3.05, 3.63) is 47.5 Å². The Labute approximate surface area is 115 Å². The van der Waals surface area contributed by atoms with E-state index in [1.807, 2.05) is 0 Å². The van der Waals surface area contributed by atoms with Crippen molar-refractivity contribution in [3.63, 3.8) is 0 Å². The van der Waals surface area contributed by atoms with E-state index in [0.717, 1.165) is 12.0 Å². The molecule has 0 radical (unpaired) electrons. The van der Waals surface area contributed by atoms with Gasteiger partial charge in [0.15, 0.2) is 0 Å². The summed E-state index contributed by atoms with van der Waals surface area (Å²) in [7, 11) is 0. The Morgan fingerprint density at radius 3 is 2.63 bits per heavy atom. The molecule has 1 aliphatic carbocycles. The number of hydrogen-bond acceptors (Lipinski definition) is 1. The Bertz CT molecular complexity index is 567. The lowest BCUT2D eigenvalue weighted by molar-refractivity contribution is 0.145. The molecule has 100 valence electrons. The van der Waals surface area contributed by atoms with Gasteiger partial charge in [-0.3, -0.25) is 0 Å². The van der Waals surface area contributed by atoms with Crippen LogP contribution in [0.15, 0.2) is 36.4 Å². The molecule has 0 spiro atoms. The maximum Gasteiger partial charge on any atom is 0.0801 e. The Kier molecular flexibility index (Phi) is 3.56. The molecule has 0 heterocycles. The van der Waals surface area contributed by atoms with Crippen LogP contribution in [0.2, 0.25) is 0 Å². The second-order valence-electron chi connectivity index (χ2n) is 5.92. The van der Waals surface area contributed by atoms with E-state index in [2.05, 4.69) is 43.3 Å². The van der Waals surface area contributed by atoms with Gasteiger partial charge in [0.2, 0.25) is 0 Å². The fraction of sp³-hybridized carbons (Fsp3) is 0.444. The number of fused-ring (bicyclic) bond motifs is 1. The Morgan fingerprint density at radius 2 is 1.84 bits per heavy atom. The molecule has 0 aromatic heterocycles. The zero-order valence-electron chi connectivity index (χ0n) is 11.6. The molecular weight excluding hydrogens is 232 g/mol. The average Bonchev–Trinajstić information content (AvgIpc) is 2.91. The van der Waals surface area contributed by atoms with E-state index in [1.54, 1.807) is 0 Å². The van der Waals surface area contributed by atoms with Crippen molar-refractivity contribution in [2.75, 3.05) is 0 Å². The van der Waals surface area contributed by atoms with Crippen LogP contribution in [0.25, 0.3) is 10.8 Å². The van der Waals surface area contributed by atoms with E-state index in [9.17, 15) is 5.11 Å². The summed E-state index contributed by atoms with van der Waals surface area (Å²) in [5.41, 5.74) is 2.36. The van der Waals surface area contributed by atoms with Gasteiger partial charge in [0.05, 0.1) is 6.10 Å². The molecule has 1 N–H and O–H groups in total. The fourth-order valence-corrected chi connectivity index (χ4v) is 3.53. The van der Waals surface area contributed by atoms with Gasteiger partial charge in [-0.05, 0) is 41.2 Å². The summed E-state index contributed by atoms with van der Waals surface area (Å²) in [6.45, 7) is 2.11. The molecule has 2 aromatic carbocycles. The highest BCUT2D eigenvalue weighted by atomic mass is 16.3. The van der Waals surface area contributed by atoms with Crippen molar-refractivity contribution in [1.82, 2.24) is 0 Å². The van der Waals surface area contributed by atoms with E-state index in [-0.39, 0.29) is 6.10 Å². The van der Waals surface area contributed by atoms with Crippen LogP contribution in [0, 0.1) is 12.8 Å². The van der Waals surface area contributed by atoms with Crippen molar-refractivity contribution in [2.24, 2.45) is 5.92 Å². The van der Waals surface area contributed by atoms with Crippen LogP contribution in [0.5, 0.6) is 0 Å². The first-order valence-corrected chi connectivity index (χ1v) is 7.42. The molecule has 1 nitrogen and oxygen atoms in total. The highest BCUT2D eigenvalue weighted by Crippen LogP contribution is 2.36. The van der Waals surface area contributed by atoms with Gasteiger partial charge >= 0.3 is 0 Å². The van der Waals surface area contributed by atoms with E-state index in [4.69, 9.17) is 0 Å².